The Hall–Kier alpha value is -1.30. The minimum absolute atomic E-state index is 0.0719. The van der Waals surface area contributed by atoms with Gasteiger partial charge < -0.3 is 20.3 Å². The van der Waals surface area contributed by atoms with Crippen LogP contribution in [0.1, 0.15) is 34.1 Å². The molecule has 0 aromatic carbocycles. The molecule has 2 amide bonds. The van der Waals surface area contributed by atoms with Gasteiger partial charge in [0.2, 0.25) is 5.91 Å². The highest BCUT2D eigenvalue weighted by molar-refractivity contribution is 5.77. The smallest absolute Gasteiger partial charge is 0.407 e. The van der Waals surface area contributed by atoms with Crippen LogP contribution in [0.2, 0.25) is 0 Å². The van der Waals surface area contributed by atoms with E-state index in [2.05, 4.69) is 10.6 Å². The largest absolute Gasteiger partial charge is 0.444 e. The summed E-state index contributed by atoms with van der Waals surface area (Å²) in [6.45, 7) is 9.65. The number of alkyl carbamates (subject to hydrolysis) is 1. The Labute approximate surface area is 115 Å². The third kappa shape index (κ3) is 10.3. The fourth-order valence-electron chi connectivity index (χ4n) is 1.22. The summed E-state index contributed by atoms with van der Waals surface area (Å²) in [5.41, 5.74) is -0.473. The maximum absolute atomic E-state index is 11.4. The Kier molecular flexibility index (Phi) is 8.14. The van der Waals surface area contributed by atoms with Gasteiger partial charge in [0.1, 0.15) is 5.60 Å². The van der Waals surface area contributed by atoms with Crippen LogP contribution in [-0.4, -0.2) is 55.7 Å². The summed E-state index contributed by atoms with van der Waals surface area (Å²) < 4.78 is 5.10. The number of likely N-dealkylation sites (N-methyl/N-ethyl adjacent to an activating group) is 1. The standard InChI is InChI=1S/C13H27N3O3/c1-6-16(5)11(17)10-14-8-7-9-15-12(18)19-13(2,3)4/h14H,6-10H2,1-5H3,(H,15,18). The summed E-state index contributed by atoms with van der Waals surface area (Å²) in [5.74, 6) is 0.0719. The van der Waals surface area contributed by atoms with Crippen LogP contribution in [0.3, 0.4) is 0 Å². The Balaban J connectivity index is 3.51. The van der Waals surface area contributed by atoms with Crippen LogP contribution in [0, 0.1) is 0 Å². The zero-order valence-corrected chi connectivity index (χ0v) is 12.7. The van der Waals surface area contributed by atoms with Gasteiger partial charge in [-0.2, -0.15) is 0 Å². The average molecular weight is 273 g/mol. The van der Waals surface area contributed by atoms with Gasteiger partial charge in [-0.1, -0.05) is 0 Å². The predicted molar refractivity (Wildman–Crippen MR) is 75.0 cm³/mol. The molecule has 0 saturated carbocycles. The van der Waals surface area contributed by atoms with Crippen molar-refractivity contribution in [2.75, 3.05) is 33.2 Å². The number of ether oxygens (including phenoxy) is 1. The van der Waals surface area contributed by atoms with Gasteiger partial charge in [-0.15, -0.1) is 0 Å². The van der Waals surface area contributed by atoms with Crippen molar-refractivity contribution >= 4 is 12.0 Å². The van der Waals surface area contributed by atoms with Gasteiger partial charge in [-0.25, -0.2) is 4.79 Å². The summed E-state index contributed by atoms with van der Waals surface area (Å²) >= 11 is 0. The molecule has 0 rings (SSSR count). The zero-order chi connectivity index (χ0) is 14.9. The van der Waals surface area contributed by atoms with E-state index in [1.54, 1.807) is 11.9 Å². The summed E-state index contributed by atoms with van der Waals surface area (Å²) in [5, 5.41) is 5.70. The normalized spacial score (nSPS) is 11.0. The topological polar surface area (TPSA) is 70.7 Å². The third-order valence-corrected chi connectivity index (χ3v) is 2.37. The molecule has 0 aliphatic heterocycles. The maximum atomic E-state index is 11.4. The van der Waals surface area contributed by atoms with Crippen LogP contribution in [0.15, 0.2) is 0 Å². The van der Waals surface area contributed by atoms with Crippen molar-refractivity contribution in [3.8, 4) is 0 Å². The van der Waals surface area contributed by atoms with Crippen molar-refractivity contribution in [1.82, 2.24) is 15.5 Å². The van der Waals surface area contributed by atoms with E-state index in [-0.39, 0.29) is 5.91 Å². The molecule has 0 aliphatic rings. The Morgan fingerprint density at radius 1 is 1.21 bits per heavy atom. The predicted octanol–water partition coefficient (Wildman–Crippen LogP) is 0.969. The molecule has 0 atom stereocenters. The number of carbonyl (C=O) groups excluding carboxylic acids is 2. The van der Waals surface area contributed by atoms with E-state index in [1.807, 2.05) is 27.7 Å². The Morgan fingerprint density at radius 3 is 2.37 bits per heavy atom. The van der Waals surface area contributed by atoms with E-state index in [0.29, 0.717) is 26.2 Å². The highest BCUT2D eigenvalue weighted by Crippen LogP contribution is 2.06. The minimum atomic E-state index is -0.473. The van der Waals surface area contributed by atoms with Gasteiger partial charge in [0, 0.05) is 20.1 Å². The van der Waals surface area contributed by atoms with Crippen LogP contribution in [0.25, 0.3) is 0 Å². The van der Waals surface area contributed by atoms with E-state index in [4.69, 9.17) is 4.74 Å². The van der Waals surface area contributed by atoms with Crippen molar-refractivity contribution in [2.24, 2.45) is 0 Å². The third-order valence-electron chi connectivity index (χ3n) is 2.37. The first-order valence-electron chi connectivity index (χ1n) is 6.67. The van der Waals surface area contributed by atoms with Gasteiger partial charge in [0.15, 0.2) is 0 Å². The second kappa shape index (κ2) is 8.74. The lowest BCUT2D eigenvalue weighted by molar-refractivity contribution is -0.128. The molecule has 0 spiro atoms. The second-order valence-corrected chi connectivity index (χ2v) is 5.37. The monoisotopic (exact) mass is 273 g/mol. The van der Waals surface area contributed by atoms with E-state index in [1.165, 1.54) is 0 Å². The Bertz CT molecular complexity index is 287. The first kappa shape index (κ1) is 17.7. The molecule has 0 aromatic rings. The molecule has 0 unspecified atom stereocenters. The summed E-state index contributed by atoms with van der Waals surface area (Å²) in [7, 11) is 1.77. The van der Waals surface area contributed by atoms with Crippen LogP contribution < -0.4 is 10.6 Å². The number of carbonyl (C=O) groups is 2. The highest BCUT2D eigenvalue weighted by atomic mass is 16.6. The molecule has 0 saturated heterocycles. The molecule has 0 bridgehead atoms. The van der Waals surface area contributed by atoms with Gasteiger partial charge >= 0.3 is 6.09 Å². The summed E-state index contributed by atoms with van der Waals surface area (Å²) in [6.07, 6.45) is 0.344. The van der Waals surface area contributed by atoms with E-state index in [9.17, 15) is 9.59 Å². The molecule has 19 heavy (non-hydrogen) atoms. The molecule has 2 N–H and O–H groups in total. The van der Waals surface area contributed by atoms with Crippen molar-refractivity contribution < 1.29 is 14.3 Å². The fourth-order valence-corrected chi connectivity index (χ4v) is 1.22. The van der Waals surface area contributed by atoms with Gasteiger partial charge in [0.05, 0.1) is 6.54 Å². The maximum Gasteiger partial charge on any atom is 0.407 e. The first-order chi connectivity index (χ1) is 8.76. The lowest BCUT2D eigenvalue weighted by Crippen LogP contribution is -2.37. The lowest BCUT2D eigenvalue weighted by Gasteiger charge is -2.19. The summed E-state index contributed by atoms with van der Waals surface area (Å²) in [6, 6.07) is 0. The molecule has 6 nitrogen and oxygen atoms in total. The van der Waals surface area contributed by atoms with E-state index < -0.39 is 11.7 Å². The molecule has 0 radical (unpaired) electrons. The fraction of sp³-hybridized carbons (Fsp3) is 0.846. The average Bonchev–Trinajstić information content (AvgIpc) is 2.29. The molecule has 0 aromatic heterocycles. The van der Waals surface area contributed by atoms with Crippen molar-refractivity contribution in [3.05, 3.63) is 0 Å². The number of nitrogens with one attached hydrogen (secondary N) is 2. The lowest BCUT2D eigenvalue weighted by atomic mass is 10.2. The first-order valence-corrected chi connectivity index (χ1v) is 6.67. The number of amides is 2. The number of rotatable bonds is 7. The van der Waals surface area contributed by atoms with E-state index >= 15 is 0 Å². The van der Waals surface area contributed by atoms with Gasteiger partial charge in [-0.3, -0.25) is 4.79 Å². The number of hydrogen-bond acceptors (Lipinski definition) is 4. The molecule has 0 heterocycles. The SMILES string of the molecule is CCN(C)C(=O)CNCCCNC(=O)OC(C)(C)C. The van der Waals surface area contributed by atoms with Crippen molar-refractivity contribution in [1.29, 1.82) is 0 Å². The van der Waals surface area contributed by atoms with Gasteiger partial charge in [0.25, 0.3) is 0 Å². The highest BCUT2D eigenvalue weighted by Gasteiger charge is 2.15. The number of hydrogen-bond donors (Lipinski definition) is 2. The zero-order valence-electron chi connectivity index (χ0n) is 12.7. The molecular formula is C13H27N3O3. The molecule has 0 aliphatic carbocycles. The summed E-state index contributed by atoms with van der Waals surface area (Å²) in [4.78, 5) is 24.4. The van der Waals surface area contributed by atoms with Crippen LogP contribution in [0.5, 0.6) is 0 Å². The van der Waals surface area contributed by atoms with Crippen molar-refractivity contribution in [2.45, 2.75) is 39.7 Å². The van der Waals surface area contributed by atoms with Crippen LogP contribution >= 0.6 is 0 Å². The second-order valence-electron chi connectivity index (χ2n) is 5.37. The van der Waals surface area contributed by atoms with Crippen LogP contribution in [0.4, 0.5) is 4.79 Å². The van der Waals surface area contributed by atoms with Crippen LogP contribution in [-0.2, 0) is 9.53 Å². The van der Waals surface area contributed by atoms with Crippen molar-refractivity contribution in [3.63, 3.8) is 0 Å². The van der Waals surface area contributed by atoms with E-state index in [0.717, 1.165) is 6.42 Å². The molecule has 6 heteroatoms. The Morgan fingerprint density at radius 2 is 1.84 bits per heavy atom. The molecular weight excluding hydrogens is 246 g/mol. The quantitative estimate of drug-likeness (QED) is 0.678. The number of nitrogens with zero attached hydrogens (tertiary/aromatic N) is 1. The van der Waals surface area contributed by atoms with Gasteiger partial charge in [-0.05, 0) is 40.7 Å². The molecule has 0 fully saturated rings. The minimum Gasteiger partial charge on any atom is -0.444 e. The molecule has 112 valence electrons.